The standard InChI is InChI=1S/C13H20N2O4/c1-2-19-12(17)5-6-15(9-3-4-9)13(18)11-7-10(16)8-14-11/h5-6,9-11,14,16H,2-4,7-8H2,1H3. The van der Waals surface area contributed by atoms with Crippen LogP contribution in [0.15, 0.2) is 12.3 Å². The van der Waals surface area contributed by atoms with Gasteiger partial charge in [0.05, 0.1) is 18.8 Å². The molecule has 0 spiro atoms. The number of hydrogen-bond donors (Lipinski definition) is 2. The number of carbonyl (C=O) groups excluding carboxylic acids is 2. The first kappa shape index (κ1) is 14.0. The number of hydrogen-bond acceptors (Lipinski definition) is 5. The molecule has 0 aromatic heterocycles. The zero-order valence-corrected chi connectivity index (χ0v) is 11.0. The molecule has 1 saturated carbocycles. The van der Waals surface area contributed by atoms with E-state index in [0.29, 0.717) is 19.6 Å². The lowest BCUT2D eigenvalue weighted by atomic mass is 10.2. The maximum atomic E-state index is 12.3. The van der Waals surface area contributed by atoms with Crippen LogP contribution in [0.1, 0.15) is 26.2 Å². The van der Waals surface area contributed by atoms with Crippen molar-refractivity contribution in [3.05, 3.63) is 12.3 Å². The number of ether oxygens (including phenoxy) is 1. The van der Waals surface area contributed by atoms with Crippen LogP contribution >= 0.6 is 0 Å². The van der Waals surface area contributed by atoms with Gasteiger partial charge in [-0.2, -0.15) is 0 Å². The molecule has 1 saturated heterocycles. The third-order valence-corrected chi connectivity index (χ3v) is 3.26. The van der Waals surface area contributed by atoms with Crippen molar-refractivity contribution in [1.29, 1.82) is 0 Å². The molecule has 2 N–H and O–H groups in total. The number of amides is 1. The summed E-state index contributed by atoms with van der Waals surface area (Å²) in [7, 11) is 0. The van der Waals surface area contributed by atoms with Gasteiger partial charge in [0.2, 0.25) is 5.91 Å². The third-order valence-electron chi connectivity index (χ3n) is 3.26. The van der Waals surface area contributed by atoms with Gasteiger partial charge < -0.3 is 20.1 Å². The first-order valence-electron chi connectivity index (χ1n) is 6.70. The van der Waals surface area contributed by atoms with Crippen LogP contribution in [0.2, 0.25) is 0 Å². The second-order valence-corrected chi connectivity index (χ2v) is 4.89. The van der Waals surface area contributed by atoms with E-state index in [1.54, 1.807) is 11.8 Å². The fourth-order valence-corrected chi connectivity index (χ4v) is 2.14. The summed E-state index contributed by atoms with van der Waals surface area (Å²) >= 11 is 0. The third kappa shape index (κ3) is 3.78. The molecule has 2 unspecified atom stereocenters. The number of rotatable bonds is 5. The van der Waals surface area contributed by atoms with Crippen molar-refractivity contribution in [2.75, 3.05) is 13.2 Å². The molecule has 1 aliphatic heterocycles. The topological polar surface area (TPSA) is 78.9 Å². The first-order valence-corrected chi connectivity index (χ1v) is 6.70. The molecule has 2 rings (SSSR count). The Morgan fingerprint density at radius 3 is 2.74 bits per heavy atom. The van der Waals surface area contributed by atoms with Crippen molar-refractivity contribution in [3.63, 3.8) is 0 Å². The summed E-state index contributed by atoms with van der Waals surface area (Å²) < 4.78 is 4.80. The minimum Gasteiger partial charge on any atom is -0.463 e. The zero-order valence-electron chi connectivity index (χ0n) is 11.0. The number of nitrogens with one attached hydrogen (secondary N) is 1. The van der Waals surface area contributed by atoms with Gasteiger partial charge >= 0.3 is 5.97 Å². The van der Waals surface area contributed by atoms with Crippen LogP contribution in [-0.2, 0) is 14.3 Å². The fraction of sp³-hybridized carbons (Fsp3) is 0.692. The lowest BCUT2D eigenvalue weighted by molar-refractivity contribution is -0.137. The van der Waals surface area contributed by atoms with E-state index < -0.39 is 12.1 Å². The summed E-state index contributed by atoms with van der Waals surface area (Å²) in [5.41, 5.74) is 0. The Balaban J connectivity index is 1.96. The van der Waals surface area contributed by atoms with Crippen LogP contribution < -0.4 is 5.32 Å². The average molecular weight is 268 g/mol. The van der Waals surface area contributed by atoms with Gasteiger partial charge in [-0.25, -0.2) is 4.79 Å². The maximum absolute atomic E-state index is 12.3. The molecule has 6 nitrogen and oxygen atoms in total. The molecular formula is C13H20N2O4. The Morgan fingerprint density at radius 2 is 2.21 bits per heavy atom. The van der Waals surface area contributed by atoms with Crippen LogP contribution in [0.25, 0.3) is 0 Å². The highest BCUT2D eigenvalue weighted by Gasteiger charge is 2.37. The van der Waals surface area contributed by atoms with Gasteiger partial charge in [0.15, 0.2) is 0 Å². The summed E-state index contributed by atoms with van der Waals surface area (Å²) in [5, 5.41) is 12.4. The van der Waals surface area contributed by atoms with Gasteiger partial charge in [0, 0.05) is 24.9 Å². The molecule has 0 bridgehead atoms. The highest BCUT2D eigenvalue weighted by atomic mass is 16.5. The summed E-state index contributed by atoms with van der Waals surface area (Å²) in [6, 6.07) is -0.180. The molecule has 1 heterocycles. The van der Waals surface area contributed by atoms with E-state index in [2.05, 4.69) is 5.32 Å². The molecule has 106 valence electrons. The number of esters is 1. The van der Waals surface area contributed by atoms with Crippen LogP contribution in [0.5, 0.6) is 0 Å². The molecule has 1 aliphatic carbocycles. The smallest absolute Gasteiger partial charge is 0.332 e. The van der Waals surface area contributed by atoms with Gasteiger partial charge in [-0.3, -0.25) is 4.79 Å². The Morgan fingerprint density at radius 1 is 1.47 bits per heavy atom. The quantitative estimate of drug-likeness (QED) is 0.532. The van der Waals surface area contributed by atoms with Crippen molar-refractivity contribution in [3.8, 4) is 0 Å². The molecule has 2 aliphatic rings. The van der Waals surface area contributed by atoms with E-state index in [9.17, 15) is 14.7 Å². The van der Waals surface area contributed by atoms with E-state index in [1.807, 2.05) is 0 Å². The second kappa shape index (κ2) is 6.16. The van der Waals surface area contributed by atoms with Gasteiger partial charge in [-0.1, -0.05) is 0 Å². The molecule has 1 amide bonds. The molecule has 0 aromatic carbocycles. The number of nitrogens with zero attached hydrogens (tertiary/aromatic N) is 1. The van der Waals surface area contributed by atoms with Gasteiger partial charge in [0.1, 0.15) is 0 Å². The second-order valence-electron chi connectivity index (χ2n) is 4.89. The largest absolute Gasteiger partial charge is 0.463 e. The van der Waals surface area contributed by atoms with Crippen LogP contribution in [0.4, 0.5) is 0 Å². The molecule has 2 atom stereocenters. The highest BCUT2D eigenvalue weighted by molar-refractivity contribution is 5.86. The average Bonchev–Trinajstić information content (AvgIpc) is 3.11. The van der Waals surface area contributed by atoms with Gasteiger partial charge in [-0.15, -0.1) is 0 Å². The number of aliphatic hydroxyl groups is 1. The van der Waals surface area contributed by atoms with Crippen LogP contribution in [-0.4, -0.2) is 53.2 Å². The van der Waals surface area contributed by atoms with E-state index in [0.717, 1.165) is 12.8 Å². The van der Waals surface area contributed by atoms with Crippen molar-refractivity contribution in [2.45, 2.75) is 44.4 Å². The first-order chi connectivity index (χ1) is 9.11. The highest BCUT2D eigenvalue weighted by Crippen LogP contribution is 2.28. The lowest BCUT2D eigenvalue weighted by Crippen LogP contribution is -2.42. The molecule has 0 aromatic rings. The maximum Gasteiger partial charge on any atom is 0.332 e. The Kier molecular flexibility index (Phi) is 4.55. The SMILES string of the molecule is CCOC(=O)C=CN(C(=O)C1CC(O)CN1)C1CC1. The minimum atomic E-state index is -0.468. The summed E-state index contributed by atoms with van der Waals surface area (Å²) in [6.07, 6.45) is 4.65. The van der Waals surface area contributed by atoms with E-state index >= 15 is 0 Å². The van der Waals surface area contributed by atoms with E-state index in [-0.39, 0.29) is 18.0 Å². The molecule has 0 radical (unpaired) electrons. The molecular weight excluding hydrogens is 248 g/mol. The summed E-state index contributed by atoms with van der Waals surface area (Å²) in [6.45, 7) is 2.49. The van der Waals surface area contributed by atoms with Gasteiger partial charge in [0.25, 0.3) is 0 Å². The van der Waals surface area contributed by atoms with Crippen molar-refractivity contribution in [2.24, 2.45) is 0 Å². The number of carbonyl (C=O) groups is 2. The van der Waals surface area contributed by atoms with Crippen molar-refractivity contribution in [1.82, 2.24) is 10.2 Å². The van der Waals surface area contributed by atoms with Crippen LogP contribution in [0.3, 0.4) is 0 Å². The Labute approximate surface area is 112 Å². The minimum absolute atomic E-state index is 0.0837. The van der Waals surface area contributed by atoms with E-state index in [4.69, 9.17) is 4.74 Å². The van der Waals surface area contributed by atoms with Crippen molar-refractivity contribution >= 4 is 11.9 Å². The number of β-amino-alcohol motifs (C(OH)–C–C–N with tert-alkyl or cyclic N) is 1. The molecule has 2 fully saturated rings. The Bertz CT molecular complexity index is 379. The van der Waals surface area contributed by atoms with Crippen LogP contribution in [0, 0.1) is 0 Å². The molecule has 6 heteroatoms. The summed E-state index contributed by atoms with van der Waals surface area (Å²) in [5.74, 6) is -0.528. The Hall–Kier alpha value is -1.40. The zero-order chi connectivity index (χ0) is 13.8. The normalized spacial score (nSPS) is 26.6. The fourth-order valence-electron chi connectivity index (χ4n) is 2.14. The predicted octanol–water partition coefficient (Wildman–Crippen LogP) is -0.223. The van der Waals surface area contributed by atoms with E-state index in [1.165, 1.54) is 12.3 Å². The monoisotopic (exact) mass is 268 g/mol. The van der Waals surface area contributed by atoms with Gasteiger partial charge in [-0.05, 0) is 26.2 Å². The van der Waals surface area contributed by atoms with Crippen molar-refractivity contribution < 1.29 is 19.4 Å². The summed E-state index contributed by atoms with van der Waals surface area (Å²) in [4.78, 5) is 25.2. The lowest BCUT2D eigenvalue weighted by Gasteiger charge is -2.21. The predicted molar refractivity (Wildman–Crippen MR) is 68.1 cm³/mol. The number of aliphatic hydroxyl groups excluding tert-OH is 1. The molecule has 19 heavy (non-hydrogen) atoms.